The molecule has 2 heteroatoms. The first-order valence-corrected chi connectivity index (χ1v) is 6.49. The molecule has 0 unspecified atom stereocenters. The number of carbonyl (C=O) groups is 1. The molecular weight excluding hydrogens is 200 g/mol. The molecular formula is C14H26O2. The van der Waals surface area contributed by atoms with Gasteiger partial charge in [0.1, 0.15) is 0 Å². The lowest BCUT2D eigenvalue weighted by molar-refractivity contribution is -0.136. The van der Waals surface area contributed by atoms with Crippen LogP contribution in [0.4, 0.5) is 0 Å². The standard InChI is InChI=1S/C14H26O2/c1-13(2)11-9-7-5-3-4-6-8-10-12-14(15)16/h8,10,13H,3-7,9,11-12H2,1-2H3,(H,15,16). The summed E-state index contributed by atoms with van der Waals surface area (Å²) in [6, 6.07) is 0. The van der Waals surface area contributed by atoms with Crippen molar-refractivity contribution in [1.29, 1.82) is 0 Å². The van der Waals surface area contributed by atoms with Crippen molar-refractivity contribution in [3.8, 4) is 0 Å². The largest absolute Gasteiger partial charge is 0.481 e. The van der Waals surface area contributed by atoms with Gasteiger partial charge in [0.2, 0.25) is 0 Å². The topological polar surface area (TPSA) is 37.3 Å². The summed E-state index contributed by atoms with van der Waals surface area (Å²) in [5.74, 6) is 0.0869. The van der Waals surface area contributed by atoms with Gasteiger partial charge < -0.3 is 5.11 Å². The van der Waals surface area contributed by atoms with Crippen LogP contribution in [-0.4, -0.2) is 11.1 Å². The highest BCUT2D eigenvalue weighted by Gasteiger charge is 1.94. The lowest BCUT2D eigenvalue weighted by Crippen LogP contribution is -1.89. The van der Waals surface area contributed by atoms with Crippen molar-refractivity contribution >= 4 is 5.97 Å². The molecule has 0 aromatic carbocycles. The number of carboxylic acids is 1. The molecule has 1 N–H and O–H groups in total. The Kier molecular flexibility index (Phi) is 10.2. The monoisotopic (exact) mass is 226 g/mol. The molecule has 16 heavy (non-hydrogen) atoms. The fourth-order valence-electron chi connectivity index (χ4n) is 1.65. The van der Waals surface area contributed by atoms with Crippen molar-refractivity contribution in [1.82, 2.24) is 0 Å². The molecule has 0 saturated carbocycles. The van der Waals surface area contributed by atoms with Crippen LogP contribution in [0.5, 0.6) is 0 Å². The van der Waals surface area contributed by atoms with Crippen LogP contribution in [0.2, 0.25) is 0 Å². The van der Waals surface area contributed by atoms with Crippen LogP contribution in [0, 0.1) is 5.92 Å². The van der Waals surface area contributed by atoms with Crippen LogP contribution >= 0.6 is 0 Å². The zero-order valence-corrected chi connectivity index (χ0v) is 10.7. The lowest BCUT2D eigenvalue weighted by atomic mass is 10.0. The highest BCUT2D eigenvalue weighted by molar-refractivity contribution is 5.68. The summed E-state index contributed by atoms with van der Waals surface area (Å²) in [4.78, 5) is 10.2. The summed E-state index contributed by atoms with van der Waals surface area (Å²) < 4.78 is 0. The third-order valence-corrected chi connectivity index (χ3v) is 2.61. The maximum atomic E-state index is 10.2. The minimum absolute atomic E-state index is 0.161. The second-order valence-corrected chi connectivity index (χ2v) is 4.81. The molecule has 0 atom stereocenters. The molecule has 0 spiro atoms. The predicted molar refractivity (Wildman–Crippen MR) is 68.5 cm³/mol. The third-order valence-electron chi connectivity index (χ3n) is 2.61. The minimum atomic E-state index is -0.745. The number of aliphatic carboxylic acids is 1. The molecule has 0 aliphatic rings. The van der Waals surface area contributed by atoms with E-state index in [0.717, 1.165) is 12.3 Å². The van der Waals surface area contributed by atoms with E-state index in [1.165, 1.54) is 38.5 Å². The van der Waals surface area contributed by atoms with Crippen molar-refractivity contribution in [2.45, 2.75) is 65.2 Å². The van der Waals surface area contributed by atoms with E-state index >= 15 is 0 Å². The Morgan fingerprint density at radius 2 is 1.69 bits per heavy atom. The van der Waals surface area contributed by atoms with Gasteiger partial charge in [-0.3, -0.25) is 4.79 Å². The fourth-order valence-corrected chi connectivity index (χ4v) is 1.65. The first-order chi connectivity index (χ1) is 7.63. The summed E-state index contributed by atoms with van der Waals surface area (Å²) >= 11 is 0. The van der Waals surface area contributed by atoms with Gasteiger partial charge in [-0.1, -0.05) is 58.1 Å². The number of hydrogen-bond donors (Lipinski definition) is 1. The van der Waals surface area contributed by atoms with Gasteiger partial charge in [0.25, 0.3) is 0 Å². The maximum Gasteiger partial charge on any atom is 0.307 e. The first-order valence-electron chi connectivity index (χ1n) is 6.49. The van der Waals surface area contributed by atoms with Gasteiger partial charge in [-0.05, 0) is 18.8 Å². The van der Waals surface area contributed by atoms with Gasteiger partial charge >= 0.3 is 5.97 Å². The second kappa shape index (κ2) is 10.7. The number of unbranched alkanes of at least 4 members (excludes halogenated alkanes) is 5. The Morgan fingerprint density at radius 1 is 1.06 bits per heavy atom. The molecule has 0 aromatic rings. The second-order valence-electron chi connectivity index (χ2n) is 4.81. The van der Waals surface area contributed by atoms with Crippen LogP contribution in [0.3, 0.4) is 0 Å². The van der Waals surface area contributed by atoms with Crippen molar-refractivity contribution in [2.75, 3.05) is 0 Å². The van der Waals surface area contributed by atoms with E-state index in [4.69, 9.17) is 5.11 Å². The van der Waals surface area contributed by atoms with E-state index in [-0.39, 0.29) is 6.42 Å². The smallest absolute Gasteiger partial charge is 0.307 e. The number of carboxylic acid groups (broad SMARTS) is 1. The highest BCUT2D eigenvalue weighted by atomic mass is 16.4. The van der Waals surface area contributed by atoms with E-state index in [9.17, 15) is 4.79 Å². The number of hydrogen-bond acceptors (Lipinski definition) is 1. The Bertz CT molecular complexity index is 195. The number of allylic oxidation sites excluding steroid dienone is 1. The molecule has 0 rings (SSSR count). The summed E-state index contributed by atoms with van der Waals surface area (Å²) in [6.45, 7) is 4.54. The molecule has 0 saturated heterocycles. The number of rotatable bonds is 10. The molecule has 0 aliphatic heterocycles. The average molecular weight is 226 g/mol. The highest BCUT2D eigenvalue weighted by Crippen LogP contribution is 2.11. The van der Waals surface area contributed by atoms with Crippen LogP contribution in [0.15, 0.2) is 12.2 Å². The van der Waals surface area contributed by atoms with Crippen LogP contribution < -0.4 is 0 Å². The molecule has 0 fully saturated rings. The Hall–Kier alpha value is -0.790. The Balaban J connectivity index is 3.09. The summed E-state index contributed by atoms with van der Waals surface area (Å²) in [5, 5.41) is 8.41. The van der Waals surface area contributed by atoms with Gasteiger partial charge in [0.05, 0.1) is 6.42 Å². The molecule has 94 valence electrons. The molecule has 0 aromatic heterocycles. The lowest BCUT2D eigenvalue weighted by Gasteiger charge is -2.03. The molecule has 0 radical (unpaired) electrons. The van der Waals surface area contributed by atoms with E-state index in [0.29, 0.717) is 0 Å². The Morgan fingerprint density at radius 3 is 2.31 bits per heavy atom. The van der Waals surface area contributed by atoms with Gasteiger partial charge in [0.15, 0.2) is 0 Å². The SMILES string of the molecule is CC(C)CCCCCCCC=CCC(=O)O. The molecule has 0 bridgehead atoms. The van der Waals surface area contributed by atoms with Crippen molar-refractivity contribution < 1.29 is 9.90 Å². The third kappa shape index (κ3) is 13.2. The maximum absolute atomic E-state index is 10.2. The van der Waals surface area contributed by atoms with Gasteiger partial charge in [-0.25, -0.2) is 0 Å². The average Bonchev–Trinajstić information content (AvgIpc) is 2.20. The Labute approximate surface area is 99.7 Å². The van der Waals surface area contributed by atoms with Crippen LogP contribution in [0.1, 0.15) is 65.2 Å². The van der Waals surface area contributed by atoms with Gasteiger partial charge in [0, 0.05) is 0 Å². The molecule has 0 aliphatic carbocycles. The van der Waals surface area contributed by atoms with Gasteiger partial charge in [-0.2, -0.15) is 0 Å². The van der Waals surface area contributed by atoms with E-state index in [1.807, 2.05) is 6.08 Å². The van der Waals surface area contributed by atoms with Crippen molar-refractivity contribution in [3.63, 3.8) is 0 Å². The molecule has 0 heterocycles. The zero-order chi connectivity index (χ0) is 12.2. The van der Waals surface area contributed by atoms with Crippen LogP contribution in [0.25, 0.3) is 0 Å². The quantitative estimate of drug-likeness (QED) is 0.442. The fraction of sp³-hybridized carbons (Fsp3) is 0.786. The summed E-state index contributed by atoms with van der Waals surface area (Å²) in [7, 11) is 0. The minimum Gasteiger partial charge on any atom is -0.481 e. The predicted octanol–water partition coefficient (Wildman–Crippen LogP) is 4.40. The van der Waals surface area contributed by atoms with E-state index < -0.39 is 5.97 Å². The first kappa shape index (κ1) is 15.2. The van der Waals surface area contributed by atoms with Crippen LogP contribution in [-0.2, 0) is 4.79 Å². The summed E-state index contributed by atoms with van der Waals surface area (Å²) in [6.07, 6.45) is 12.8. The normalized spacial score (nSPS) is 11.4. The van der Waals surface area contributed by atoms with Crippen molar-refractivity contribution in [2.24, 2.45) is 5.92 Å². The van der Waals surface area contributed by atoms with E-state index in [1.54, 1.807) is 6.08 Å². The summed E-state index contributed by atoms with van der Waals surface area (Å²) in [5.41, 5.74) is 0. The molecule has 2 nitrogen and oxygen atoms in total. The zero-order valence-electron chi connectivity index (χ0n) is 10.7. The van der Waals surface area contributed by atoms with E-state index in [2.05, 4.69) is 13.8 Å². The van der Waals surface area contributed by atoms with Gasteiger partial charge in [-0.15, -0.1) is 0 Å². The molecule has 0 amide bonds. The van der Waals surface area contributed by atoms with Crippen molar-refractivity contribution in [3.05, 3.63) is 12.2 Å².